The first-order chi connectivity index (χ1) is 28.2. The Kier molecular flexibility index (Phi) is 14.8. The highest BCUT2D eigenvalue weighted by molar-refractivity contribution is 8.31. The van der Waals surface area contributed by atoms with Crippen LogP contribution in [0.2, 0.25) is 20.4 Å². The molecule has 2 saturated carbocycles. The number of fused-ring (bicyclic) bond motifs is 2. The van der Waals surface area contributed by atoms with Crippen molar-refractivity contribution in [2.75, 3.05) is 52.2 Å². The van der Waals surface area contributed by atoms with Crippen LogP contribution in [-0.2, 0) is 8.26 Å². The van der Waals surface area contributed by atoms with Crippen LogP contribution in [0, 0.1) is 11.8 Å². The molecule has 59 heavy (non-hydrogen) atoms. The van der Waals surface area contributed by atoms with E-state index < -0.39 is 8.26 Å². The average Bonchev–Trinajstić information content (AvgIpc) is 4.15. The Labute approximate surface area is 370 Å². The van der Waals surface area contributed by atoms with E-state index in [4.69, 9.17) is 83.7 Å². The predicted molar refractivity (Wildman–Crippen MR) is 239 cm³/mol. The number of nitrogens with one attached hydrogen (secondary N) is 2. The molecular weight excluding hydrogens is 905 g/mol. The van der Waals surface area contributed by atoms with Gasteiger partial charge in [0.2, 0.25) is 0 Å². The van der Waals surface area contributed by atoms with Crippen LogP contribution in [0.4, 0.5) is 11.6 Å². The Morgan fingerprint density at radius 2 is 1.03 bits per heavy atom. The molecule has 0 spiro atoms. The van der Waals surface area contributed by atoms with Crippen molar-refractivity contribution in [1.29, 1.82) is 0 Å². The van der Waals surface area contributed by atoms with Gasteiger partial charge in [0.15, 0.2) is 0 Å². The SMILES string of the molecule is COc1cc(OC)c(Cl)c(-c2cc3cnc(Cl)cc3c(NCC3CC3)n2)c1Cl.COc1cc(OC)cc(-c2cc3cnc(Cl)cc3c(NCC3CC3)n2)c1.O=S(=O)(Cl)Cl. The van der Waals surface area contributed by atoms with Gasteiger partial charge in [-0.25, -0.2) is 19.9 Å². The second kappa shape index (κ2) is 19.6. The molecule has 19 heteroatoms. The van der Waals surface area contributed by atoms with Crippen molar-refractivity contribution in [2.24, 2.45) is 11.8 Å². The Bertz CT molecular complexity index is 2540. The molecule has 2 fully saturated rings. The van der Waals surface area contributed by atoms with Crippen molar-refractivity contribution in [1.82, 2.24) is 19.9 Å². The zero-order valence-corrected chi connectivity index (χ0v) is 37.4. The summed E-state index contributed by atoms with van der Waals surface area (Å²) in [5.74, 6) is 5.34. The molecule has 4 heterocycles. The zero-order chi connectivity index (χ0) is 42.4. The molecule has 0 radical (unpaired) electrons. The first-order valence-corrected chi connectivity index (χ1v) is 22.7. The molecule has 0 amide bonds. The molecule has 312 valence electrons. The van der Waals surface area contributed by atoms with E-state index in [-0.39, 0.29) is 0 Å². The third-order valence-electron chi connectivity index (χ3n) is 9.35. The van der Waals surface area contributed by atoms with E-state index in [1.54, 1.807) is 53.0 Å². The minimum atomic E-state index is -3.72. The molecule has 2 aliphatic rings. The highest BCUT2D eigenvalue weighted by Crippen LogP contribution is 2.46. The van der Waals surface area contributed by atoms with Gasteiger partial charge in [0.1, 0.15) is 44.9 Å². The van der Waals surface area contributed by atoms with Gasteiger partial charge in [-0.05, 0) is 73.9 Å². The summed E-state index contributed by atoms with van der Waals surface area (Å²) in [6, 6.07) is 15.0. The number of hydrogen-bond donors (Lipinski definition) is 2. The second-order valence-corrected chi connectivity index (χ2v) is 18.8. The maximum Gasteiger partial charge on any atom is 0.317 e. The van der Waals surface area contributed by atoms with Crippen molar-refractivity contribution in [3.63, 3.8) is 0 Å². The highest BCUT2D eigenvalue weighted by Gasteiger charge is 2.24. The first-order valence-electron chi connectivity index (χ1n) is 18.1. The van der Waals surface area contributed by atoms with Crippen LogP contribution in [-0.4, -0.2) is 69.9 Å². The molecule has 2 N–H and O–H groups in total. The van der Waals surface area contributed by atoms with Gasteiger partial charge in [-0.15, -0.1) is 0 Å². The number of aromatic nitrogens is 4. The largest absolute Gasteiger partial charge is 0.497 e. The van der Waals surface area contributed by atoms with Gasteiger partial charge >= 0.3 is 8.26 Å². The highest BCUT2D eigenvalue weighted by atomic mass is 36.0. The summed E-state index contributed by atoms with van der Waals surface area (Å²) in [4.78, 5) is 18.1. The number of rotatable bonds is 12. The Hall–Kier alpha value is -3.95. The number of hydrogen-bond acceptors (Lipinski definition) is 12. The van der Waals surface area contributed by atoms with Crippen LogP contribution in [0.5, 0.6) is 23.0 Å². The van der Waals surface area contributed by atoms with Crippen LogP contribution in [0.1, 0.15) is 25.7 Å². The Balaban J connectivity index is 0.000000179. The van der Waals surface area contributed by atoms with Gasteiger partial charge in [-0.3, -0.25) is 0 Å². The van der Waals surface area contributed by atoms with Crippen molar-refractivity contribution in [3.8, 4) is 45.5 Å². The van der Waals surface area contributed by atoms with E-state index in [0.29, 0.717) is 49.0 Å². The molecular formula is C40H38Cl6N6O6S. The standard InChI is InChI=1S/C20H18Cl3N3O2.C20H20ClN3O2.Cl2O2S/c1-27-14-7-15(28-2)19(23)17(18(14)22)13-5-11-9-24-16(21)6-12(11)20(26-13)25-8-10-3-4-10;1-25-15-5-13(6-16(8-15)26-2)18-7-14-11-22-19(21)9-17(14)20(24-18)23-10-12-3-4-12;1-5(2,3)4/h5-7,9-10H,3-4,8H2,1-2H3,(H,25,26);5-9,11-12H,3-4,10H2,1-2H3,(H,23,24);. The van der Waals surface area contributed by atoms with Crippen molar-refractivity contribution in [3.05, 3.63) is 81.3 Å². The maximum atomic E-state index is 9.16. The lowest BCUT2D eigenvalue weighted by atomic mass is 10.1. The summed E-state index contributed by atoms with van der Waals surface area (Å²) >= 11 is 25.4. The number of halogens is 6. The summed E-state index contributed by atoms with van der Waals surface area (Å²) in [7, 11) is 11.2. The lowest BCUT2D eigenvalue weighted by Gasteiger charge is -2.16. The van der Waals surface area contributed by atoms with Crippen LogP contribution in [0.3, 0.4) is 0 Å². The number of benzene rings is 2. The monoisotopic (exact) mass is 940 g/mol. The Morgan fingerprint density at radius 3 is 1.44 bits per heavy atom. The van der Waals surface area contributed by atoms with Gasteiger partial charge in [-0.1, -0.05) is 46.4 Å². The van der Waals surface area contributed by atoms with E-state index in [1.165, 1.54) is 25.7 Å². The number of methoxy groups -OCH3 is 4. The summed E-state index contributed by atoms with van der Waals surface area (Å²) in [5, 5.41) is 12.3. The summed E-state index contributed by atoms with van der Waals surface area (Å²) in [5.41, 5.74) is 2.90. The van der Waals surface area contributed by atoms with Crippen molar-refractivity contribution in [2.45, 2.75) is 25.7 Å². The molecule has 8 rings (SSSR count). The van der Waals surface area contributed by atoms with Gasteiger partial charge in [-0.2, -0.15) is 8.42 Å². The first kappa shape index (κ1) is 44.6. The van der Waals surface area contributed by atoms with Gasteiger partial charge in [0.05, 0.1) is 49.9 Å². The fourth-order valence-corrected chi connectivity index (χ4v) is 6.99. The number of ether oxygens (including phenoxy) is 4. The summed E-state index contributed by atoms with van der Waals surface area (Å²) in [6.07, 6.45) is 8.52. The molecule has 0 saturated heterocycles. The average molecular weight is 944 g/mol. The molecule has 2 aromatic carbocycles. The molecule has 6 aromatic rings. The number of pyridine rings is 4. The van der Waals surface area contributed by atoms with Gasteiger partial charge in [0.25, 0.3) is 0 Å². The smallest absolute Gasteiger partial charge is 0.317 e. The Morgan fingerprint density at radius 1 is 0.610 bits per heavy atom. The van der Waals surface area contributed by atoms with Crippen molar-refractivity contribution < 1.29 is 27.4 Å². The van der Waals surface area contributed by atoms with Gasteiger partial charge < -0.3 is 29.6 Å². The third-order valence-corrected chi connectivity index (χ3v) is 10.5. The zero-order valence-electron chi connectivity index (χ0n) is 32.1. The molecule has 2 aliphatic carbocycles. The van der Waals surface area contributed by atoms with Crippen LogP contribution in [0.25, 0.3) is 44.1 Å². The molecule has 0 bridgehead atoms. The quantitative estimate of drug-likeness (QED) is 0.0889. The minimum absolute atomic E-state index is 0.371. The molecule has 12 nitrogen and oxygen atoms in total. The van der Waals surface area contributed by atoms with E-state index in [1.807, 2.05) is 36.4 Å². The normalized spacial score (nSPS) is 13.5. The second-order valence-electron chi connectivity index (χ2n) is 13.6. The lowest BCUT2D eigenvalue weighted by molar-refractivity contribution is 0.394. The molecule has 0 unspecified atom stereocenters. The summed E-state index contributed by atoms with van der Waals surface area (Å²) in [6.45, 7) is 1.78. The summed E-state index contributed by atoms with van der Waals surface area (Å²) < 4.78 is 39.9. The van der Waals surface area contributed by atoms with Crippen LogP contribution >= 0.6 is 67.8 Å². The lowest BCUT2D eigenvalue weighted by Crippen LogP contribution is -2.06. The van der Waals surface area contributed by atoms with E-state index in [2.05, 4.69) is 42.0 Å². The van der Waals surface area contributed by atoms with E-state index >= 15 is 0 Å². The van der Waals surface area contributed by atoms with Crippen LogP contribution in [0.15, 0.2) is 60.9 Å². The number of anilines is 2. The van der Waals surface area contributed by atoms with Gasteiger partial charge in [0, 0.05) is 91.7 Å². The fraction of sp³-hybridized carbons (Fsp3) is 0.300. The molecule has 4 aromatic heterocycles. The van der Waals surface area contributed by atoms with Crippen LogP contribution < -0.4 is 29.6 Å². The minimum Gasteiger partial charge on any atom is -0.497 e. The van der Waals surface area contributed by atoms with E-state index in [9.17, 15) is 0 Å². The third kappa shape index (κ3) is 12.1. The maximum absolute atomic E-state index is 9.16. The predicted octanol–water partition coefficient (Wildman–Crippen LogP) is 11.6. The topological polar surface area (TPSA) is 147 Å². The number of nitrogens with zero attached hydrogens (tertiary/aromatic N) is 4. The fourth-order valence-electron chi connectivity index (χ4n) is 5.98. The molecule has 0 aliphatic heterocycles. The van der Waals surface area contributed by atoms with E-state index in [0.717, 1.165) is 74.9 Å². The molecule has 0 atom stereocenters. The van der Waals surface area contributed by atoms with Crippen molar-refractivity contribution >= 4 is 109 Å².